The Morgan fingerprint density at radius 2 is 1.93 bits per heavy atom. The first-order valence-electron chi connectivity index (χ1n) is 9.89. The second-order valence-corrected chi connectivity index (χ2v) is 7.49. The predicted octanol–water partition coefficient (Wildman–Crippen LogP) is 3.90. The van der Waals surface area contributed by atoms with Gasteiger partial charge in [0, 0.05) is 6.42 Å². The van der Waals surface area contributed by atoms with Crippen molar-refractivity contribution in [3.63, 3.8) is 0 Å². The number of hydrogen-bond donors (Lipinski definition) is 1. The van der Waals surface area contributed by atoms with E-state index in [0.717, 1.165) is 35.3 Å². The second kappa shape index (κ2) is 9.74. The molecule has 0 aliphatic carbocycles. The molecule has 29 heavy (non-hydrogen) atoms. The van der Waals surface area contributed by atoms with E-state index < -0.39 is 18.2 Å². The van der Waals surface area contributed by atoms with Crippen molar-refractivity contribution in [1.82, 2.24) is 0 Å². The first kappa shape index (κ1) is 21.1. The Morgan fingerprint density at radius 1 is 1.17 bits per heavy atom. The van der Waals surface area contributed by atoms with E-state index in [1.54, 1.807) is 12.1 Å². The Morgan fingerprint density at radius 3 is 2.66 bits per heavy atom. The first-order valence-corrected chi connectivity index (χ1v) is 9.89. The molecule has 1 aliphatic heterocycles. The van der Waals surface area contributed by atoms with E-state index in [9.17, 15) is 14.3 Å². The van der Waals surface area contributed by atoms with Crippen molar-refractivity contribution in [3.05, 3.63) is 58.9 Å². The van der Waals surface area contributed by atoms with E-state index in [1.165, 1.54) is 12.1 Å². The van der Waals surface area contributed by atoms with Crippen molar-refractivity contribution < 1.29 is 28.5 Å². The summed E-state index contributed by atoms with van der Waals surface area (Å²) in [7, 11) is 0. The van der Waals surface area contributed by atoms with E-state index in [4.69, 9.17) is 14.2 Å². The number of rotatable bonds is 8. The predicted molar refractivity (Wildman–Crippen MR) is 107 cm³/mol. The number of carbonyl (C=O) groups excluding carboxylic acids is 1. The molecule has 2 unspecified atom stereocenters. The molecule has 0 amide bonds. The van der Waals surface area contributed by atoms with Gasteiger partial charge in [-0.1, -0.05) is 17.7 Å². The maximum atomic E-state index is 13.0. The van der Waals surface area contributed by atoms with Gasteiger partial charge in [-0.3, -0.25) is 4.79 Å². The van der Waals surface area contributed by atoms with Gasteiger partial charge in [-0.2, -0.15) is 0 Å². The van der Waals surface area contributed by atoms with Gasteiger partial charge in [0.25, 0.3) is 0 Å². The number of aryl methyl sites for hydroxylation is 3. The minimum absolute atomic E-state index is 0.0410. The number of carbonyl (C=O) groups is 1. The first-order chi connectivity index (χ1) is 13.9. The average Bonchev–Trinajstić information content (AvgIpc) is 2.65. The van der Waals surface area contributed by atoms with Crippen LogP contribution >= 0.6 is 0 Å². The molecular weight excluding hydrogens is 375 g/mol. The third-order valence-corrected chi connectivity index (χ3v) is 4.82. The van der Waals surface area contributed by atoms with Gasteiger partial charge in [-0.25, -0.2) is 4.39 Å². The maximum absolute atomic E-state index is 13.0. The zero-order chi connectivity index (χ0) is 20.8. The van der Waals surface area contributed by atoms with Crippen LogP contribution in [-0.4, -0.2) is 36.5 Å². The van der Waals surface area contributed by atoms with E-state index in [1.807, 2.05) is 13.8 Å². The van der Waals surface area contributed by atoms with Crippen molar-refractivity contribution in [2.75, 3.05) is 13.2 Å². The van der Waals surface area contributed by atoms with Gasteiger partial charge in [-0.05, 0) is 62.1 Å². The molecule has 0 spiro atoms. The normalized spacial score (nSPS) is 19.0. The van der Waals surface area contributed by atoms with Gasteiger partial charge in [-0.15, -0.1) is 0 Å². The number of halogens is 1. The van der Waals surface area contributed by atoms with Crippen LogP contribution < -0.4 is 9.47 Å². The lowest BCUT2D eigenvalue weighted by Crippen LogP contribution is -2.36. The van der Waals surface area contributed by atoms with Crippen LogP contribution in [0.5, 0.6) is 11.5 Å². The van der Waals surface area contributed by atoms with Crippen LogP contribution in [0, 0.1) is 19.7 Å². The molecule has 2 aromatic carbocycles. The molecule has 0 bridgehead atoms. The van der Waals surface area contributed by atoms with E-state index in [0.29, 0.717) is 18.8 Å². The highest BCUT2D eigenvalue weighted by atomic mass is 19.1. The van der Waals surface area contributed by atoms with Gasteiger partial charge in [0.15, 0.2) is 0 Å². The van der Waals surface area contributed by atoms with E-state index in [-0.39, 0.29) is 18.8 Å². The molecule has 1 aliphatic rings. The third kappa shape index (κ3) is 6.19. The monoisotopic (exact) mass is 402 g/mol. The number of aliphatic hydroxyl groups is 1. The molecule has 5 nitrogen and oxygen atoms in total. The minimum atomic E-state index is -0.674. The van der Waals surface area contributed by atoms with Crippen molar-refractivity contribution in [2.45, 2.75) is 51.7 Å². The lowest BCUT2D eigenvalue weighted by atomic mass is 10.0. The molecule has 2 atom stereocenters. The molecule has 2 aromatic rings. The van der Waals surface area contributed by atoms with Crippen LogP contribution in [0.25, 0.3) is 0 Å². The fraction of sp³-hybridized carbons (Fsp3) is 0.435. The average molecular weight is 402 g/mol. The largest absolute Gasteiger partial charge is 0.494 e. The molecule has 1 fully saturated rings. The number of esters is 1. The summed E-state index contributed by atoms with van der Waals surface area (Å²) in [6.07, 6.45) is 0.838. The summed E-state index contributed by atoms with van der Waals surface area (Å²) in [5.41, 5.74) is 3.22. The standard InChI is InChI=1S/C23H27FO5/c1-15-10-16(2)23(28-14-21-12-19(25)13-22(26)29-21)17(11-15)4-3-9-27-20-7-5-18(24)6-8-20/h5-8,10-11,19,21,25H,3-4,9,12-14H2,1-2H3. The lowest BCUT2D eigenvalue weighted by Gasteiger charge is -2.26. The summed E-state index contributed by atoms with van der Waals surface area (Å²) in [4.78, 5) is 11.5. The molecule has 0 radical (unpaired) electrons. The molecule has 1 saturated heterocycles. The SMILES string of the molecule is Cc1cc(C)c(OCC2CC(O)CC(=O)O2)c(CCCOc2ccc(F)cc2)c1. The minimum Gasteiger partial charge on any atom is -0.494 e. The summed E-state index contributed by atoms with van der Waals surface area (Å²) >= 11 is 0. The van der Waals surface area contributed by atoms with Gasteiger partial charge in [0.05, 0.1) is 19.1 Å². The Labute approximate surface area is 170 Å². The smallest absolute Gasteiger partial charge is 0.308 e. The summed E-state index contributed by atoms with van der Waals surface area (Å²) in [6.45, 7) is 4.74. The van der Waals surface area contributed by atoms with Gasteiger partial charge < -0.3 is 19.3 Å². The van der Waals surface area contributed by atoms with Gasteiger partial charge in [0.1, 0.15) is 30.0 Å². The van der Waals surface area contributed by atoms with Crippen molar-refractivity contribution in [3.8, 4) is 11.5 Å². The zero-order valence-electron chi connectivity index (χ0n) is 16.8. The number of benzene rings is 2. The van der Waals surface area contributed by atoms with Crippen molar-refractivity contribution >= 4 is 5.97 Å². The molecule has 6 heteroatoms. The van der Waals surface area contributed by atoms with Crippen LogP contribution in [0.15, 0.2) is 36.4 Å². The molecule has 0 aromatic heterocycles. The van der Waals surface area contributed by atoms with Gasteiger partial charge in [0.2, 0.25) is 0 Å². The van der Waals surface area contributed by atoms with Crippen LogP contribution in [0.1, 0.15) is 36.0 Å². The van der Waals surface area contributed by atoms with Gasteiger partial charge >= 0.3 is 5.97 Å². The van der Waals surface area contributed by atoms with Crippen molar-refractivity contribution in [1.29, 1.82) is 0 Å². The fourth-order valence-electron chi connectivity index (χ4n) is 3.56. The molecule has 0 saturated carbocycles. The number of cyclic esters (lactones) is 1. The second-order valence-electron chi connectivity index (χ2n) is 7.49. The summed E-state index contributed by atoms with van der Waals surface area (Å²) < 4.78 is 29.9. The molecule has 156 valence electrons. The highest BCUT2D eigenvalue weighted by molar-refractivity contribution is 5.71. The summed E-state index contributed by atoms with van der Waals surface area (Å²) in [6, 6.07) is 10.1. The molecular formula is C23H27FO5. The molecule has 1 N–H and O–H groups in total. The van der Waals surface area contributed by atoms with Crippen LogP contribution in [-0.2, 0) is 16.0 Å². The third-order valence-electron chi connectivity index (χ3n) is 4.82. The van der Waals surface area contributed by atoms with E-state index >= 15 is 0 Å². The maximum Gasteiger partial charge on any atom is 0.308 e. The Kier molecular flexibility index (Phi) is 7.09. The van der Waals surface area contributed by atoms with Crippen LogP contribution in [0.4, 0.5) is 4.39 Å². The van der Waals surface area contributed by atoms with Crippen molar-refractivity contribution in [2.24, 2.45) is 0 Å². The molecule has 1 heterocycles. The summed E-state index contributed by atoms with van der Waals surface area (Å²) in [5, 5.41) is 9.75. The van der Waals surface area contributed by atoms with Crippen LogP contribution in [0.2, 0.25) is 0 Å². The Hall–Kier alpha value is -2.60. The Bertz CT molecular complexity index is 834. The Balaban J connectivity index is 1.57. The highest BCUT2D eigenvalue weighted by Crippen LogP contribution is 2.28. The number of hydrogen-bond acceptors (Lipinski definition) is 5. The lowest BCUT2D eigenvalue weighted by molar-refractivity contribution is -0.162. The molecule has 3 rings (SSSR count). The van der Waals surface area contributed by atoms with E-state index in [2.05, 4.69) is 12.1 Å². The number of aliphatic hydroxyl groups excluding tert-OH is 1. The topological polar surface area (TPSA) is 65.0 Å². The summed E-state index contributed by atoms with van der Waals surface area (Å²) in [5.74, 6) is 0.746. The number of ether oxygens (including phenoxy) is 3. The quantitative estimate of drug-likeness (QED) is 0.536. The highest BCUT2D eigenvalue weighted by Gasteiger charge is 2.28. The van der Waals surface area contributed by atoms with Crippen LogP contribution in [0.3, 0.4) is 0 Å². The fourth-order valence-corrected chi connectivity index (χ4v) is 3.56. The zero-order valence-corrected chi connectivity index (χ0v) is 16.8.